The molecule has 4 nitrogen and oxygen atoms in total. The van der Waals surface area contributed by atoms with E-state index in [1.807, 2.05) is 24.3 Å². The summed E-state index contributed by atoms with van der Waals surface area (Å²) in [7, 11) is 1.64. The summed E-state index contributed by atoms with van der Waals surface area (Å²) >= 11 is 0. The Bertz CT molecular complexity index is 464. The molecule has 2 atom stereocenters. The SMILES string of the molecule is COc1ccc(C2=NNC(=O)[C@H]3C[C@H]23)cc1. The highest BCUT2D eigenvalue weighted by Crippen LogP contribution is 2.43. The third-order valence-corrected chi connectivity index (χ3v) is 3.15. The number of methoxy groups -OCH3 is 1. The largest absolute Gasteiger partial charge is 0.497 e. The molecule has 82 valence electrons. The van der Waals surface area contributed by atoms with Gasteiger partial charge >= 0.3 is 0 Å². The van der Waals surface area contributed by atoms with Gasteiger partial charge in [0.05, 0.1) is 12.8 Å². The number of amides is 1. The fraction of sp³-hybridized carbons (Fsp3) is 0.333. The van der Waals surface area contributed by atoms with Gasteiger partial charge in [-0.25, -0.2) is 5.43 Å². The lowest BCUT2D eigenvalue weighted by Gasteiger charge is -2.11. The maximum atomic E-state index is 11.3. The first-order valence-electron chi connectivity index (χ1n) is 5.31. The predicted molar refractivity (Wildman–Crippen MR) is 59.3 cm³/mol. The van der Waals surface area contributed by atoms with E-state index in [0.717, 1.165) is 23.4 Å². The number of nitrogens with zero attached hydrogens (tertiary/aromatic N) is 1. The lowest BCUT2D eigenvalue weighted by atomic mass is 10.0. The minimum Gasteiger partial charge on any atom is -0.497 e. The Labute approximate surface area is 93.3 Å². The molecule has 1 fully saturated rings. The number of benzene rings is 1. The van der Waals surface area contributed by atoms with Gasteiger partial charge < -0.3 is 4.74 Å². The minimum absolute atomic E-state index is 0.0576. The summed E-state index contributed by atoms with van der Waals surface area (Å²) in [6.07, 6.45) is 0.927. The minimum atomic E-state index is 0.0576. The smallest absolute Gasteiger partial charge is 0.243 e. The van der Waals surface area contributed by atoms with Crippen LogP contribution in [0.25, 0.3) is 0 Å². The lowest BCUT2D eigenvalue weighted by Crippen LogP contribution is -2.28. The highest BCUT2D eigenvalue weighted by atomic mass is 16.5. The monoisotopic (exact) mass is 216 g/mol. The topological polar surface area (TPSA) is 50.7 Å². The van der Waals surface area contributed by atoms with Crippen molar-refractivity contribution < 1.29 is 9.53 Å². The quantitative estimate of drug-likeness (QED) is 0.806. The maximum Gasteiger partial charge on any atom is 0.243 e. The molecule has 0 radical (unpaired) electrons. The number of ether oxygens (including phenoxy) is 1. The number of carbonyl (C=O) groups excluding carboxylic acids is 1. The van der Waals surface area contributed by atoms with E-state index in [0.29, 0.717) is 5.92 Å². The van der Waals surface area contributed by atoms with E-state index in [4.69, 9.17) is 4.74 Å². The van der Waals surface area contributed by atoms with E-state index in [1.165, 1.54) is 0 Å². The van der Waals surface area contributed by atoms with Crippen LogP contribution in [0.1, 0.15) is 12.0 Å². The molecule has 0 unspecified atom stereocenters. The van der Waals surface area contributed by atoms with E-state index in [1.54, 1.807) is 7.11 Å². The van der Waals surface area contributed by atoms with Gasteiger partial charge in [-0.1, -0.05) is 0 Å². The fourth-order valence-electron chi connectivity index (χ4n) is 2.11. The predicted octanol–water partition coefficient (Wildman–Crippen LogP) is 1.17. The molecule has 1 heterocycles. The zero-order valence-corrected chi connectivity index (χ0v) is 8.93. The van der Waals surface area contributed by atoms with Crippen LogP contribution in [0.5, 0.6) is 5.75 Å². The summed E-state index contributed by atoms with van der Waals surface area (Å²) in [5, 5.41) is 4.14. The van der Waals surface area contributed by atoms with Gasteiger partial charge in [0.25, 0.3) is 0 Å². The first-order valence-corrected chi connectivity index (χ1v) is 5.31. The molecule has 16 heavy (non-hydrogen) atoms. The first kappa shape index (κ1) is 9.39. The lowest BCUT2D eigenvalue weighted by molar-refractivity contribution is -0.122. The van der Waals surface area contributed by atoms with Crippen molar-refractivity contribution in [2.45, 2.75) is 6.42 Å². The zero-order valence-electron chi connectivity index (χ0n) is 8.93. The maximum absolute atomic E-state index is 11.3. The van der Waals surface area contributed by atoms with E-state index < -0.39 is 0 Å². The number of fused-ring (bicyclic) bond motifs is 1. The van der Waals surface area contributed by atoms with Gasteiger partial charge in [-0.2, -0.15) is 5.10 Å². The molecule has 1 amide bonds. The molecule has 0 saturated heterocycles. The van der Waals surface area contributed by atoms with Gasteiger partial charge in [-0.05, 0) is 36.2 Å². The molecular formula is C12H12N2O2. The highest BCUT2D eigenvalue weighted by molar-refractivity contribution is 6.09. The molecule has 2 aliphatic rings. The Morgan fingerprint density at radius 2 is 2.06 bits per heavy atom. The first-order chi connectivity index (χ1) is 7.79. The Hall–Kier alpha value is -1.84. The Morgan fingerprint density at radius 3 is 2.75 bits per heavy atom. The number of hydrazone groups is 1. The average molecular weight is 216 g/mol. The third-order valence-electron chi connectivity index (χ3n) is 3.15. The second-order valence-corrected chi connectivity index (χ2v) is 4.15. The van der Waals surface area contributed by atoms with Crippen molar-refractivity contribution in [3.05, 3.63) is 29.8 Å². The molecule has 1 N–H and O–H groups in total. The van der Waals surface area contributed by atoms with Crippen LogP contribution in [0.3, 0.4) is 0 Å². The van der Waals surface area contributed by atoms with Crippen LogP contribution in [0, 0.1) is 11.8 Å². The number of rotatable bonds is 2. The van der Waals surface area contributed by atoms with Crippen LogP contribution in [-0.4, -0.2) is 18.7 Å². The van der Waals surface area contributed by atoms with Crippen molar-refractivity contribution >= 4 is 11.6 Å². The molecule has 1 saturated carbocycles. The summed E-state index contributed by atoms with van der Waals surface area (Å²) in [6.45, 7) is 0. The van der Waals surface area contributed by atoms with Crippen molar-refractivity contribution in [1.29, 1.82) is 0 Å². The molecule has 0 bridgehead atoms. The van der Waals surface area contributed by atoms with Crippen molar-refractivity contribution in [2.24, 2.45) is 16.9 Å². The third kappa shape index (κ3) is 1.38. The molecule has 4 heteroatoms. The van der Waals surface area contributed by atoms with Gasteiger partial charge in [-0.3, -0.25) is 4.79 Å². The van der Waals surface area contributed by atoms with Crippen LogP contribution >= 0.6 is 0 Å². The molecule has 0 spiro atoms. The molecular weight excluding hydrogens is 204 g/mol. The molecule has 0 aromatic heterocycles. The average Bonchev–Trinajstić information content (AvgIpc) is 3.11. The van der Waals surface area contributed by atoms with Gasteiger partial charge in [-0.15, -0.1) is 0 Å². The van der Waals surface area contributed by atoms with E-state index in [9.17, 15) is 4.79 Å². The molecule has 1 aliphatic carbocycles. The Balaban J connectivity index is 1.90. The number of nitrogens with one attached hydrogen (secondary N) is 1. The molecule has 3 rings (SSSR count). The summed E-state index contributed by atoms with van der Waals surface area (Å²) in [6, 6.07) is 7.77. The standard InChI is InChI=1S/C12H12N2O2/c1-16-8-4-2-7(3-5-8)11-9-6-10(9)12(15)14-13-11/h2-5,9-10H,6H2,1H3,(H,14,15)/t9-,10-/m0/s1. The van der Waals surface area contributed by atoms with E-state index in [-0.39, 0.29) is 11.8 Å². The van der Waals surface area contributed by atoms with Crippen LogP contribution in [0.4, 0.5) is 0 Å². The molecule has 1 aliphatic heterocycles. The van der Waals surface area contributed by atoms with Gasteiger partial charge in [0.2, 0.25) is 5.91 Å². The Morgan fingerprint density at radius 1 is 1.31 bits per heavy atom. The second-order valence-electron chi connectivity index (χ2n) is 4.15. The van der Waals surface area contributed by atoms with Crippen molar-refractivity contribution in [2.75, 3.05) is 7.11 Å². The van der Waals surface area contributed by atoms with Crippen LogP contribution in [0.2, 0.25) is 0 Å². The summed E-state index contributed by atoms with van der Waals surface area (Å²) < 4.78 is 5.10. The fourth-order valence-corrected chi connectivity index (χ4v) is 2.11. The van der Waals surface area contributed by atoms with Crippen LogP contribution < -0.4 is 10.2 Å². The van der Waals surface area contributed by atoms with E-state index >= 15 is 0 Å². The van der Waals surface area contributed by atoms with Crippen molar-refractivity contribution in [3.8, 4) is 5.75 Å². The van der Waals surface area contributed by atoms with Crippen molar-refractivity contribution in [3.63, 3.8) is 0 Å². The van der Waals surface area contributed by atoms with Crippen molar-refractivity contribution in [1.82, 2.24) is 5.43 Å². The molecule has 1 aromatic carbocycles. The molecule has 1 aromatic rings. The van der Waals surface area contributed by atoms with E-state index in [2.05, 4.69) is 10.5 Å². The van der Waals surface area contributed by atoms with Gasteiger partial charge in [0, 0.05) is 11.8 Å². The normalized spacial score (nSPS) is 26.6. The number of hydrogen-bond acceptors (Lipinski definition) is 3. The summed E-state index contributed by atoms with van der Waals surface area (Å²) in [5.74, 6) is 1.36. The van der Waals surface area contributed by atoms with Crippen LogP contribution in [-0.2, 0) is 4.79 Å². The van der Waals surface area contributed by atoms with Gasteiger partial charge in [0.1, 0.15) is 5.75 Å². The van der Waals surface area contributed by atoms with Crippen LogP contribution in [0.15, 0.2) is 29.4 Å². The second kappa shape index (κ2) is 3.33. The Kier molecular flexibility index (Phi) is 1.96. The summed E-state index contributed by atoms with van der Waals surface area (Å²) in [5.41, 5.74) is 4.62. The highest BCUT2D eigenvalue weighted by Gasteiger charge is 2.49. The van der Waals surface area contributed by atoms with Gasteiger partial charge in [0.15, 0.2) is 0 Å². The summed E-state index contributed by atoms with van der Waals surface area (Å²) in [4.78, 5) is 11.3. The zero-order chi connectivity index (χ0) is 11.1. The number of hydrogen-bond donors (Lipinski definition) is 1. The number of carbonyl (C=O) groups is 1.